The Bertz CT molecular complexity index is 684. The van der Waals surface area contributed by atoms with Crippen LogP contribution in [0.5, 0.6) is 0 Å². The number of nitrogens with zero attached hydrogens (tertiary/aromatic N) is 2. The number of hydrogen-bond acceptors (Lipinski definition) is 4. The fourth-order valence-electron chi connectivity index (χ4n) is 2.86. The zero-order chi connectivity index (χ0) is 16.8. The molecule has 1 saturated carbocycles. The molecule has 126 valence electrons. The minimum Gasteiger partial charge on any atom is -0.350 e. The molecule has 3 rings (SSSR count). The molecule has 0 bridgehead atoms. The van der Waals surface area contributed by atoms with Gasteiger partial charge in [-0.1, -0.05) is 43.0 Å². The van der Waals surface area contributed by atoms with Gasteiger partial charge in [-0.3, -0.25) is 4.79 Å². The van der Waals surface area contributed by atoms with E-state index in [0.29, 0.717) is 23.2 Å². The number of amides is 1. The van der Waals surface area contributed by atoms with Crippen molar-refractivity contribution in [3.8, 4) is 0 Å². The fraction of sp³-hybridized carbons (Fsp3) is 0.389. The van der Waals surface area contributed by atoms with Gasteiger partial charge in [0, 0.05) is 23.8 Å². The van der Waals surface area contributed by atoms with E-state index >= 15 is 0 Å². The molecule has 2 N–H and O–H groups in total. The molecule has 24 heavy (non-hydrogen) atoms. The maximum absolute atomic E-state index is 12.3. The molecule has 2 aromatic rings. The van der Waals surface area contributed by atoms with Crippen LogP contribution in [0.2, 0.25) is 5.02 Å². The maximum atomic E-state index is 12.3. The monoisotopic (exact) mass is 344 g/mol. The lowest BCUT2D eigenvalue weighted by atomic mass is 9.95. The molecular formula is C18H21ClN4O. The van der Waals surface area contributed by atoms with Gasteiger partial charge < -0.3 is 10.6 Å². The van der Waals surface area contributed by atoms with Crippen LogP contribution >= 0.6 is 11.6 Å². The summed E-state index contributed by atoms with van der Waals surface area (Å²) in [6.07, 6.45) is 7.34. The van der Waals surface area contributed by atoms with E-state index in [-0.39, 0.29) is 11.9 Å². The van der Waals surface area contributed by atoms with Crippen molar-refractivity contribution in [2.75, 3.05) is 5.32 Å². The van der Waals surface area contributed by atoms with Crippen LogP contribution in [0.1, 0.15) is 48.2 Å². The summed E-state index contributed by atoms with van der Waals surface area (Å²) in [6, 6.07) is 9.47. The first-order valence-electron chi connectivity index (χ1n) is 8.33. The highest BCUT2D eigenvalue weighted by atomic mass is 35.5. The second kappa shape index (κ2) is 8.11. The quantitative estimate of drug-likeness (QED) is 0.865. The Kier molecular flexibility index (Phi) is 5.64. The Morgan fingerprint density at radius 2 is 1.88 bits per heavy atom. The van der Waals surface area contributed by atoms with Gasteiger partial charge in [0.1, 0.15) is 5.69 Å². The summed E-state index contributed by atoms with van der Waals surface area (Å²) in [7, 11) is 0. The summed E-state index contributed by atoms with van der Waals surface area (Å²) in [5, 5.41) is 6.91. The number of carbonyl (C=O) groups is 1. The largest absolute Gasteiger partial charge is 0.350 e. The van der Waals surface area contributed by atoms with E-state index in [2.05, 4.69) is 20.6 Å². The fourth-order valence-corrected chi connectivity index (χ4v) is 2.99. The van der Waals surface area contributed by atoms with Gasteiger partial charge in [0.25, 0.3) is 5.91 Å². The van der Waals surface area contributed by atoms with Gasteiger partial charge in [-0.15, -0.1) is 0 Å². The van der Waals surface area contributed by atoms with Gasteiger partial charge in [-0.05, 0) is 36.6 Å². The Morgan fingerprint density at radius 3 is 2.62 bits per heavy atom. The normalized spacial score (nSPS) is 15.0. The SMILES string of the molecule is O=C(NC1CCCCC1)c1ccnc(NCc2ccc(Cl)cc2)n1. The second-order valence-electron chi connectivity index (χ2n) is 6.05. The van der Waals surface area contributed by atoms with Crippen molar-refractivity contribution in [3.63, 3.8) is 0 Å². The first-order valence-corrected chi connectivity index (χ1v) is 8.71. The highest BCUT2D eigenvalue weighted by molar-refractivity contribution is 6.30. The minimum atomic E-state index is -0.126. The Balaban J connectivity index is 1.58. The van der Waals surface area contributed by atoms with Crippen molar-refractivity contribution in [2.45, 2.75) is 44.7 Å². The van der Waals surface area contributed by atoms with E-state index in [9.17, 15) is 4.79 Å². The molecule has 1 heterocycles. The van der Waals surface area contributed by atoms with Crippen LogP contribution in [-0.2, 0) is 6.54 Å². The maximum Gasteiger partial charge on any atom is 0.270 e. The lowest BCUT2D eigenvalue weighted by molar-refractivity contribution is 0.0922. The molecule has 0 unspecified atom stereocenters. The lowest BCUT2D eigenvalue weighted by Crippen LogP contribution is -2.36. The number of halogens is 1. The van der Waals surface area contributed by atoms with E-state index < -0.39 is 0 Å². The molecule has 1 aromatic carbocycles. The summed E-state index contributed by atoms with van der Waals surface area (Å²) >= 11 is 5.87. The lowest BCUT2D eigenvalue weighted by Gasteiger charge is -2.22. The number of carbonyl (C=O) groups excluding carboxylic acids is 1. The van der Waals surface area contributed by atoms with Gasteiger partial charge in [0.2, 0.25) is 5.95 Å². The first kappa shape index (κ1) is 16.7. The zero-order valence-electron chi connectivity index (χ0n) is 13.5. The van der Waals surface area contributed by atoms with Gasteiger partial charge in [-0.2, -0.15) is 0 Å². The summed E-state index contributed by atoms with van der Waals surface area (Å²) in [6.45, 7) is 0.574. The molecule has 1 aromatic heterocycles. The third-order valence-electron chi connectivity index (χ3n) is 4.19. The summed E-state index contributed by atoms with van der Waals surface area (Å²) in [4.78, 5) is 20.8. The van der Waals surface area contributed by atoms with Crippen LogP contribution in [0, 0.1) is 0 Å². The molecular weight excluding hydrogens is 324 g/mol. The van der Waals surface area contributed by atoms with Crippen molar-refractivity contribution in [1.82, 2.24) is 15.3 Å². The van der Waals surface area contributed by atoms with Gasteiger partial charge in [-0.25, -0.2) is 9.97 Å². The molecule has 0 aliphatic heterocycles. The van der Waals surface area contributed by atoms with Crippen LogP contribution in [0.3, 0.4) is 0 Å². The number of rotatable bonds is 5. The van der Waals surface area contributed by atoms with E-state index in [1.807, 2.05) is 24.3 Å². The Morgan fingerprint density at radius 1 is 1.12 bits per heavy atom. The van der Waals surface area contributed by atoms with Crippen LogP contribution in [0.4, 0.5) is 5.95 Å². The van der Waals surface area contributed by atoms with E-state index in [1.54, 1.807) is 12.3 Å². The van der Waals surface area contributed by atoms with Crippen molar-refractivity contribution in [3.05, 3.63) is 52.8 Å². The second-order valence-corrected chi connectivity index (χ2v) is 6.49. The number of aromatic nitrogens is 2. The molecule has 1 amide bonds. The number of anilines is 1. The molecule has 0 atom stereocenters. The molecule has 1 fully saturated rings. The third-order valence-corrected chi connectivity index (χ3v) is 4.44. The topological polar surface area (TPSA) is 66.9 Å². The van der Waals surface area contributed by atoms with Crippen molar-refractivity contribution in [1.29, 1.82) is 0 Å². The number of nitrogens with one attached hydrogen (secondary N) is 2. The van der Waals surface area contributed by atoms with Crippen molar-refractivity contribution in [2.24, 2.45) is 0 Å². The zero-order valence-corrected chi connectivity index (χ0v) is 14.2. The van der Waals surface area contributed by atoms with E-state index in [4.69, 9.17) is 11.6 Å². The summed E-state index contributed by atoms with van der Waals surface area (Å²) in [5.74, 6) is 0.320. The van der Waals surface area contributed by atoms with E-state index in [0.717, 1.165) is 18.4 Å². The summed E-state index contributed by atoms with van der Waals surface area (Å²) < 4.78 is 0. The first-order chi connectivity index (χ1) is 11.7. The van der Waals surface area contributed by atoms with Crippen LogP contribution in [0.25, 0.3) is 0 Å². The Hall–Kier alpha value is -2.14. The van der Waals surface area contributed by atoms with Crippen LogP contribution in [0.15, 0.2) is 36.5 Å². The highest BCUT2D eigenvalue weighted by Gasteiger charge is 2.17. The Labute approximate surface area is 146 Å². The highest BCUT2D eigenvalue weighted by Crippen LogP contribution is 2.17. The van der Waals surface area contributed by atoms with Crippen LogP contribution in [-0.4, -0.2) is 21.9 Å². The van der Waals surface area contributed by atoms with Crippen LogP contribution < -0.4 is 10.6 Å². The molecule has 5 nitrogen and oxygen atoms in total. The predicted octanol–water partition coefficient (Wildman–Crippen LogP) is 3.80. The van der Waals surface area contributed by atoms with Gasteiger partial charge >= 0.3 is 0 Å². The average Bonchev–Trinajstić information content (AvgIpc) is 2.62. The van der Waals surface area contributed by atoms with Crippen molar-refractivity contribution >= 4 is 23.5 Å². The van der Waals surface area contributed by atoms with Gasteiger partial charge in [0.15, 0.2) is 0 Å². The standard InChI is InChI=1S/C18H21ClN4O/c19-14-8-6-13(7-9-14)12-21-18-20-11-10-16(23-18)17(24)22-15-4-2-1-3-5-15/h6-11,15H,1-5,12H2,(H,22,24)(H,20,21,23). The van der Waals surface area contributed by atoms with Gasteiger partial charge in [0.05, 0.1) is 0 Å². The number of hydrogen-bond donors (Lipinski definition) is 2. The van der Waals surface area contributed by atoms with Crippen molar-refractivity contribution < 1.29 is 4.79 Å². The predicted molar refractivity (Wildman–Crippen MR) is 95.1 cm³/mol. The average molecular weight is 345 g/mol. The van der Waals surface area contributed by atoms with E-state index in [1.165, 1.54) is 19.3 Å². The smallest absolute Gasteiger partial charge is 0.270 e. The number of benzene rings is 1. The molecule has 1 aliphatic carbocycles. The molecule has 0 spiro atoms. The third kappa shape index (κ3) is 4.68. The molecule has 0 radical (unpaired) electrons. The summed E-state index contributed by atoms with van der Waals surface area (Å²) in [5.41, 5.74) is 1.47. The molecule has 0 saturated heterocycles. The molecule has 1 aliphatic rings. The molecule has 6 heteroatoms. The minimum absolute atomic E-state index is 0.126.